The summed E-state index contributed by atoms with van der Waals surface area (Å²) in [5.74, 6) is 1.64. The molecule has 1 aliphatic heterocycles. The van der Waals surface area contributed by atoms with Crippen molar-refractivity contribution in [2.75, 3.05) is 40.0 Å². The maximum Gasteiger partial charge on any atom is 0.312 e. The number of esters is 1. The minimum absolute atomic E-state index is 0.0385. The van der Waals surface area contributed by atoms with Gasteiger partial charge in [0.2, 0.25) is 0 Å². The number of benzene rings is 1. The first-order valence-electron chi connectivity index (χ1n) is 18.9. The summed E-state index contributed by atoms with van der Waals surface area (Å²) >= 11 is 0. The molecule has 260 valence electrons. The number of allylic oxidation sites excluding steroid dienone is 2. The molecule has 1 aromatic rings. The fraction of sp³-hybridized carbons (Fsp3) is 0.786. The van der Waals surface area contributed by atoms with Gasteiger partial charge in [-0.2, -0.15) is 0 Å². The highest BCUT2D eigenvalue weighted by atomic mass is 16.5. The molecule has 5 heteroatoms. The van der Waals surface area contributed by atoms with Crippen molar-refractivity contribution in [3.8, 4) is 0 Å². The number of nitrogens with zero attached hydrogens (tertiary/aromatic N) is 1. The third-order valence-electron chi connectivity index (χ3n) is 16.5. The Morgan fingerprint density at radius 3 is 2.26 bits per heavy atom. The zero-order valence-corrected chi connectivity index (χ0v) is 30.7. The summed E-state index contributed by atoms with van der Waals surface area (Å²) < 4.78 is 11.4. The van der Waals surface area contributed by atoms with Crippen molar-refractivity contribution in [1.82, 2.24) is 4.90 Å². The quantitative estimate of drug-likeness (QED) is 0.264. The normalized spacial score (nSPS) is 47.1. The van der Waals surface area contributed by atoms with E-state index in [1.807, 2.05) is 0 Å². The van der Waals surface area contributed by atoms with Crippen LogP contribution in [0.15, 0.2) is 42.5 Å². The first-order valence-corrected chi connectivity index (χ1v) is 18.9. The van der Waals surface area contributed by atoms with E-state index < -0.39 is 5.60 Å². The van der Waals surface area contributed by atoms with Gasteiger partial charge in [-0.15, -0.1) is 0 Å². The van der Waals surface area contributed by atoms with E-state index in [1.165, 1.54) is 6.42 Å². The van der Waals surface area contributed by atoms with E-state index in [0.29, 0.717) is 23.7 Å². The molecule has 0 bridgehead atoms. The van der Waals surface area contributed by atoms with E-state index >= 15 is 0 Å². The van der Waals surface area contributed by atoms with Gasteiger partial charge in [-0.3, -0.25) is 9.69 Å². The molecule has 5 unspecified atom stereocenters. The number of carbonyl (C=O) groups excluding carboxylic acids is 1. The van der Waals surface area contributed by atoms with Crippen LogP contribution < -0.4 is 0 Å². The molecule has 1 N–H and O–H groups in total. The van der Waals surface area contributed by atoms with Crippen LogP contribution in [-0.4, -0.2) is 55.9 Å². The Kier molecular flexibility index (Phi) is 8.02. The summed E-state index contributed by atoms with van der Waals surface area (Å²) in [7, 11) is 1.60. The average molecular weight is 646 g/mol. The molecule has 4 saturated carbocycles. The third kappa shape index (κ3) is 4.60. The molecule has 47 heavy (non-hydrogen) atoms. The second kappa shape index (κ2) is 11.2. The van der Waals surface area contributed by atoms with Gasteiger partial charge in [-0.1, -0.05) is 91.0 Å². The Balaban J connectivity index is 1.32. The topological polar surface area (TPSA) is 59.0 Å². The smallest absolute Gasteiger partial charge is 0.312 e. The average Bonchev–Trinajstić information content (AvgIpc) is 3.04. The van der Waals surface area contributed by atoms with E-state index in [1.54, 1.807) is 7.11 Å². The number of fused-ring (bicyclic) bond motifs is 7. The van der Waals surface area contributed by atoms with E-state index in [0.717, 1.165) is 83.4 Å². The number of morpholine rings is 1. The van der Waals surface area contributed by atoms with Crippen LogP contribution in [0.4, 0.5) is 0 Å². The van der Waals surface area contributed by atoms with Crippen molar-refractivity contribution in [2.24, 2.45) is 62.1 Å². The van der Waals surface area contributed by atoms with Crippen LogP contribution in [0.2, 0.25) is 0 Å². The molecule has 0 amide bonds. The molecule has 0 spiro atoms. The lowest BCUT2D eigenvalue weighted by Gasteiger charge is -2.73. The molecule has 1 saturated heterocycles. The summed E-state index contributed by atoms with van der Waals surface area (Å²) in [6, 6.07) is 10.6. The monoisotopic (exact) mass is 645 g/mol. The summed E-state index contributed by atoms with van der Waals surface area (Å²) in [5.41, 5.74) is -0.0172. The number of methoxy groups -OCH3 is 1. The summed E-state index contributed by atoms with van der Waals surface area (Å²) in [6.45, 7) is 21.8. The van der Waals surface area contributed by atoms with Gasteiger partial charge < -0.3 is 14.6 Å². The highest BCUT2D eigenvalue weighted by Gasteiger charge is 2.73. The minimum atomic E-state index is -0.923. The molecule has 6 aliphatic rings. The largest absolute Gasteiger partial charge is 0.469 e. The van der Waals surface area contributed by atoms with Crippen LogP contribution in [-0.2, 0) is 19.9 Å². The second-order valence-corrected chi connectivity index (χ2v) is 19.1. The van der Waals surface area contributed by atoms with Crippen LogP contribution in [0.1, 0.15) is 105 Å². The molecule has 1 heterocycles. The van der Waals surface area contributed by atoms with Gasteiger partial charge in [-0.05, 0) is 102 Å². The fourth-order valence-electron chi connectivity index (χ4n) is 13.8. The van der Waals surface area contributed by atoms with Crippen LogP contribution in [0.25, 0.3) is 0 Å². The number of aliphatic hydroxyl groups is 1. The fourth-order valence-corrected chi connectivity index (χ4v) is 13.8. The molecular formula is C42H63NO4. The Morgan fingerprint density at radius 2 is 1.57 bits per heavy atom. The van der Waals surface area contributed by atoms with Gasteiger partial charge in [-0.25, -0.2) is 0 Å². The number of carbonyl (C=O) groups is 1. The number of ether oxygens (including phenoxy) is 2. The van der Waals surface area contributed by atoms with Crippen molar-refractivity contribution < 1.29 is 19.4 Å². The van der Waals surface area contributed by atoms with Crippen LogP contribution in [0.5, 0.6) is 0 Å². The van der Waals surface area contributed by atoms with Crippen LogP contribution >= 0.6 is 0 Å². The van der Waals surface area contributed by atoms with E-state index in [9.17, 15) is 9.90 Å². The lowest BCUT2D eigenvalue weighted by Crippen LogP contribution is -2.70. The van der Waals surface area contributed by atoms with Gasteiger partial charge in [0.05, 0.1) is 31.3 Å². The molecule has 1 aromatic carbocycles. The zero-order chi connectivity index (χ0) is 33.7. The maximum atomic E-state index is 13.7. The molecule has 7 rings (SSSR count). The SMILES string of the molecule is COC(=O)[C@]12CCC(C)(C)CC1C1C=CC3[C@@]4(C)CC(CN5CCOCC5)[C@@](O)(c5ccccc5)C(C)(C)C4CC[C@@]3(C)[C@]1(C)CC2. The molecule has 0 aromatic heterocycles. The molecule has 0 radical (unpaired) electrons. The highest BCUT2D eigenvalue weighted by Crippen LogP contribution is 2.77. The molecular weight excluding hydrogens is 582 g/mol. The van der Waals surface area contributed by atoms with Crippen molar-refractivity contribution in [3.05, 3.63) is 48.0 Å². The maximum absolute atomic E-state index is 13.7. The van der Waals surface area contributed by atoms with Gasteiger partial charge in [0.1, 0.15) is 0 Å². The Labute approximate surface area is 285 Å². The standard InChI is InChI=1S/C42H63NO4/c1-36(2)18-20-41(35(44)46-8)21-19-39(6)31(32(41)27-36)14-15-34-38(5)26-30(28-43-22-24-47-25-23-43)42(45,29-12-10-9-11-13-29)37(3,4)33(38)16-17-40(34,39)7/h9-15,30-34,45H,16-28H2,1-8H3/t30?,31?,32?,33?,34?,38-,39+,40+,41-,42-/m0/s1. The van der Waals surface area contributed by atoms with Crippen molar-refractivity contribution in [2.45, 2.75) is 105 Å². The van der Waals surface area contributed by atoms with Crippen molar-refractivity contribution in [3.63, 3.8) is 0 Å². The van der Waals surface area contributed by atoms with Crippen LogP contribution in [0.3, 0.4) is 0 Å². The van der Waals surface area contributed by atoms with E-state index in [4.69, 9.17) is 9.47 Å². The first-order chi connectivity index (χ1) is 22.1. The summed E-state index contributed by atoms with van der Waals surface area (Å²) in [5, 5.41) is 13.3. The summed E-state index contributed by atoms with van der Waals surface area (Å²) in [4.78, 5) is 16.2. The molecule has 10 atom stereocenters. The predicted octanol–water partition coefficient (Wildman–Crippen LogP) is 8.26. The number of hydrogen-bond donors (Lipinski definition) is 1. The first kappa shape index (κ1) is 33.8. The van der Waals surface area contributed by atoms with Gasteiger partial charge in [0.15, 0.2) is 0 Å². The summed E-state index contributed by atoms with van der Waals surface area (Å²) in [6.07, 6.45) is 13.7. The molecule has 5 nitrogen and oxygen atoms in total. The third-order valence-corrected chi connectivity index (χ3v) is 16.5. The Morgan fingerprint density at radius 1 is 0.894 bits per heavy atom. The Hall–Kier alpha value is -1.69. The number of rotatable bonds is 4. The minimum Gasteiger partial charge on any atom is -0.469 e. The second-order valence-electron chi connectivity index (χ2n) is 19.1. The number of hydrogen-bond acceptors (Lipinski definition) is 5. The lowest BCUT2D eigenvalue weighted by molar-refractivity contribution is -0.268. The lowest BCUT2D eigenvalue weighted by atomic mass is 9.31. The van der Waals surface area contributed by atoms with Crippen LogP contribution in [0, 0.1) is 62.1 Å². The van der Waals surface area contributed by atoms with Gasteiger partial charge in [0, 0.05) is 31.0 Å². The van der Waals surface area contributed by atoms with Gasteiger partial charge >= 0.3 is 5.97 Å². The van der Waals surface area contributed by atoms with Gasteiger partial charge in [0.25, 0.3) is 0 Å². The predicted molar refractivity (Wildman–Crippen MR) is 187 cm³/mol. The van der Waals surface area contributed by atoms with E-state index in [-0.39, 0.29) is 44.4 Å². The zero-order valence-electron chi connectivity index (χ0n) is 30.7. The van der Waals surface area contributed by atoms with Crippen molar-refractivity contribution in [1.29, 1.82) is 0 Å². The molecule has 5 fully saturated rings. The Bertz CT molecular complexity index is 1380. The van der Waals surface area contributed by atoms with Crippen molar-refractivity contribution >= 4 is 5.97 Å². The van der Waals surface area contributed by atoms with E-state index in [2.05, 4.69) is 95.8 Å². The molecule has 5 aliphatic carbocycles. The highest BCUT2D eigenvalue weighted by molar-refractivity contribution is 5.78.